The van der Waals surface area contributed by atoms with Gasteiger partial charge in [0.05, 0.1) is 12.6 Å². The number of ether oxygens (including phenoxy) is 1. The van der Waals surface area contributed by atoms with E-state index in [9.17, 15) is 9.90 Å². The smallest absolute Gasteiger partial charge is 0.409 e. The fraction of sp³-hybridized carbons (Fsp3) is 0.240. The maximum absolute atomic E-state index is 12.7. The first-order valence-electron chi connectivity index (χ1n) is 9.91. The number of hydrogen-bond donors (Lipinski definition) is 1. The number of carbonyl (C=O) groups is 1. The Morgan fingerprint density at radius 1 is 0.931 bits per heavy atom. The van der Waals surface area contributed by atoms with Crippen LogP contribution in [0.4, 0.5) is 4.79 Å². The van der Waals surface area contributed by atoms with Crippen LogP contribution in [0.3, 0.4) is 0 Å². The van der Waals surface area contributed by atoms with Gasteiger partial charge >= 0.3 is 6.09 Å². The van der Waals surface area contributed by atoms with Crippen LogP contribution in [0.5, 0.6) is 0 Å². The van der Waals surface area contributed by atoms with Crippen molar-refractivity contribution in [2.75, 3.05) is 20.3 Å². The van der Waals surface area contributed by atoms with E-state index in [-0.39, 0.29) is 25.2 Å². The van der Waals surface area contributed by atoms with Gasteiger partial charge in [0.25, 0.3) is 0 Å². The summed E-state index contributed by atoms with van der Waals surface area (Å²) in [5.41, 5.74) is 5.86. The van der Waals surface area contributed by atoms with Gasteiger partial charge < -0.3 is 14.7 Å². The standard InChI is InChI=1S/C25H25NO3/c1-26(19(16-27)15-18-9-3-2-4-10-18)25(28)29-17-24-22-13-7-5-11-20(22)21-12-6-8-14-23(21)24/h2-14,19,24,27H,15-17H2,1H3. The minimum atomic E-state index is -0.415. The lowest BCUT2D eigenvalue weighted by molar-refractivity contribution is 0.0791. The van der Waals surface area contributed by atoms with E-state index < -0.39 is 6.09 Å². The van der Waals surface area contributed by atoms with E-state index in [1.54, 1.807) is 7.05 Å². The van der Waals surface area contributed by atoms with Crippen molar-refractivity contribution in [3.05, 3.63) is 95.6 Å². The highest BCUT2D eigenvalue weighted by molar-refractivity contribution is 5.79. The summed E-state index contributed by atoms with van der Waals surface area (Å²) in [7, 11) is 1.68. The second kappa shape index (κ2) is 8.50. The number of aliphatic hydroxyl groups excluding tert-OH is 1. The minimum absolute atomic E-state index is 0.0291. The molecule has 148 valence electrons. The molecular weight excluding hydrogens is 362 g/mol. The fourth-order valence-corrected chi connectivity index (χ4v) is 4.06. The molecule has 0 aliphatic heterocycles. The van der Waals surface area contributed by atoms with Crippen LogP contribution in [0.25, 0.3) is 11.1 Å². The molecule has 0 saturated carbocycles. The highest BCUT2D eigenvalue weighted by atomic mass is 16.6. The van der Waals surface area contributed by atoms with E-state index in [1.807, 2.05) is 54.6 Å². The van der Waals surface area contributed by atoms with Crippen LogP contribution < -0.4 is 0 Å². The summed E-state index contributed by atoms with van der Waals surface area (Å²) < 4.78 is 5.70. The maximum Gasteiger partial charge on any atom is 0.409 e. The molecule has 1 N–H and O–H groups in total. The summed E-state index contributed by atoms with van der Waals surface area (Å²) in [6.07, 6.45) is 0.166. The van der Waals surface area contributed by atoms with Crippen molar-refractivity contribution in [2.45, 2.75) is 18.4 Å². The normalized spacial score (nSPS) is 13.4. The van der Waals surface area contributed by atoms with Gasteiger partial charge in [-0.1, -0.05) is 78.9 Å². The van der Waals surface area contributed by atoms with Crippen molar-refractivity contribution >= 4 is 6.09 Å². The second-order valence-corrected chi connectivity index (χ2v) is 7.44. The molecule has 3 aromatic carbocycles. The van der Waals surface area contributed by atoms with Gasteiger partial charge in [0.1, 0.15) is 6.61 Å². The van der Waals surface area contributed by atoms with Gasteiger partial charge in [-0.25, -0.2) is 4.79 Å². The Morgan fingerprint density at radius 2 is 1.48 bits per heavy atom. The SMILES string of the molecule is CN(C(=O)OCC1c2ccccc2-c2ccccc21)C(CO)Cc1ccccc1. The van der Waals surface area contributed by atoms with E-state index in [0.717, 1.165) is 5.56 Å². The third-order valence-corrected chi connectivity index (χ3v) is 5.70. The van der Waals surface area contributed by atoms with Gasteiger partial charge in [0.2, 0.25) is 0 Å². The van der Waals surface area contributed by atoms with Crippen LogP contribution in [-0.2, 0) is 11.2 Å². The van der Waals surface area contributed by atoms with Crippen molar-refractivity contribution < 1.29 is 14.6 Å². The Bertz CT molecular complexity index is 941. The molecule has 1 aliphatic carbocycles. The average molecular weight is 387 g/mol. The Labute approximate surface area is 171 Å². The predicted octanol–water partition coefficient (Wildman–Crippen LogP) is 4.47. The number of fused-ring (bicyclic) bond motifs is 3. The molecule has 1 atom stereocenters. The average Bonchev–Trinajstić information content (AvgIpc) is 3.10. The lowest BCUT2D eigenvalue weighted by Crippen LogP contribution is -2.41. The van der Waals surface area contributed by atoms with Crippen LogP contribution in [0.15, 0.2) is 78.9 Å². The highest BCUT2D eigenvalue weighted by Gasteiger charge is 2.30. The van der Waals surface area contributed by atoms with Crippen LogP contribution in [0, 0.1) is 0 Å². The summed E-state index contributed by atoms with van der Waals surface area (Å²) in [6, 6.07) is 26.1. The molecule has 0 heterocycles. The summed E-state index contributed by atoms with van der Waals surface area (Å²) in [5.74, 6) is 0.0291. The van der Waals surface area contributed by atoms with Gasteiger partial charge in [0, 0.05) is 13.0 Å². The summed E-state index contributed by atoms with van der Waals surface area (Å²) in [5, 5.41) is 9.80. The predicted molar refractivity (Wildman–Crippen MR) is 114 cm³/mol. The first-order valence-corrected chi connectivity index (χ1v) is 9.91. The van der Waals surface area contributed by atoms with E-state index in [2.05, 4.69) is 24.3 Å². The molecule has 0 fully saturated rings. The molecule has 4 nitrogen and oxygen atoms in total. The molecule has 29 heavy (non-hydrogen) atoms. The van der Waals surface area contributed by atoms with E-state index in [0.29, 0.717) is 6.42 Å². The number of rotatable bonds is 6. The van der Waals surface area contributed by atoms with Crippen molar-refractivity contribution in [1.29, 1.82) is 0 Å². The van der Waals surface area contributed by atoms with Crippen molar-refractivity contribution in [3.8, 4) is 11.1 Å². The molecule has 1 unspecified atom stereocenters. The zero-order chi connectivity index (χ0) is 20.2. The Balaban J connectivity index is 1.45. The van der Waals surface area contributed by atoms with Crippen molar-refractivity contribution in [2.24, 2.45) is 0 Å². The molecule has 4 rings (SSSR count). The third-order valence-electron chi connectivity index (χ3n) is 5.70. The molecule has 0 bridgehead atoms. The molecule has 0 radical (unpaired) electrons. The first-order chi connectivity index (χ1) is 14.2. The molecule has 0 aromatic heterocycles. The third kappa shape index (κ3) is 3.89. The zero-order valence-electron chi connectivity index (χ0n) is 16.5. The molecule has 1 amide bonds. The van der Waals surface area contributed by atoms with E-state index in [1.165, 1.54) is 27.2 Å². The number of aliphatic hydroxyl groups is 1. The molecule has 1 aliphatic rings. The topological polar surface area (TPSA) is 49.8 Å². The highest BCUT2D eigenvalue weighted by Crippen LogP contribution is 2.44. The fourth-order valence-electron chi connectivity index (χ4n) is 4.06. The van der Waals surface area contributed by atoms with E-state index >= 15 is 0 Å². The molecular formula is C25H25NO3. The van der Waals surface area contributed by atoms with Gasteiger partial charge in [-0.05, 0) is 34.2 Å². The van der Waals surface area contributed by atoms with Gasteiger partial charge in [-0.3, -0.25) is 0 Å². The second-order valence-electron chi connectivity index (χ2n) is 7.44. The molecule has 0 spiro atoms. The number of hydrogen-bond acceptors (Lipinski definition) is 3. The quantitative estimate of drug-likeness (QED) is 0.679. The van der Waals surface area contributed by atoms with Crippen LogP contribution in [-0.4, -0.2) is 42.4 Å². The Hall–Kier alpha value is -3.11. The number of benzene rings is 3. The first kappa shape index (κ1) is 19.2. The molecule has 0 saturated heterocycles. The number of carbonyl (C=O) groups excluding carboxylic acids is 1. The largest absolute Gasteiger partial charge is 0.448 e. The van der Waals surface area contributed by atoms with Crippen molar-refractivity contribution in [3.63, 3.8) is 0 Å². The summed E-state index contributed by atoms with van der Waals surface area (Å²) >= 11 is 0. The van der Waals surface area contributed by atoms with Crippen LogP contribution in [0.2, 0.25) is 0 Å². The zero-order valence-corrected chi connectivity index (χ0v) is 16.5. The number of nitrogens with zero attached hydrogens (tertiary/aromatic N) is 1. The Kier molecular flexibility index (Phi) is 5.63. The number of amides is 1. The van der Waals surface area contributed by atoms with Crippen LogP contribution in [0.1, 0.15) is 22.6 Å². The van der Waals surface area contributed by atoms with Crippen LogP contribution >= 0.6 is 0 Å². The van der Waals surface area contributed by atoms with Gasteiger partial charge in [-0.2, -0.15) is 0 Å². The minimum Gasteiger partial charge on any atom is -0.448 e. The number of likely N-dealkylation sites (N-methyl/N-ethyl adjacent to an activating group) is 1. The monoisotopic (exact) mass is 387 g/mol. The summed E-state index contributed by atoms with van der Waals surface area (Å²) in [4.78, 5) is 14.2. The van der Waals surface area contributed by atoms with E-state index in [4.69, 9.17) is 4.74 Å². The van der Waals surface area contributed by atoms with Crippen molar-refractivity contribution in [1.82, 2.24) is 4.90 Å². The lowest BCUT2D eigenvalue weighted by atomic mass is 9.98. The lowest BCUT2D eigenvalue weighted by Gasteiger charge is -2.27. The molecule has 4 heteroatoms. The maximum atomic E-state index is 12.7. The molecule has 3 aromatic rings. The van der Waals surface area contributed by atoms with Gasteiger partial charge in [-0.15, -0.1) is 0 Å². The Morgan fingerprint density at radius 3 is 2.07 bits per heavy atom. The van der Waals surface area contributed by atoms with Gasteiger partial charge in [0.15, 0.2) is 0 Å². The summed E-state index contributed by atoms with van der Waals surface area (Å²) in [6.45, 7) is 0.163.